The van der Waals surface area contributed by atoms with Gasteiger partial charge in [-0.2, -0.15) is 0 Å². The summed E-state index contributed by atoms with van der Waals surface area (Å²) in [6.07, 6.45) is 5.13. The van der Waals surface area contributed by atoms with Crippen LogP contribution in [0, 0.1) is 5.82 Å². The number of aliphatic hydroxyl groups excluding tert-OH is 1. The summed E-state index contributed by atoms with van der Waals surface area (Å²) < 4.78 is 14.2. The maximum absolute atomic E-state index is 14.2. The summed E-state index contributed by atoms with van der Waals surface area (Å²) >= 11 is 0. The normalized spacial score (nSPS) is 10.8. The van der Waals surface area contributed by atoms with Gasteiger partial charge in [0.25, 0.3) is 0 Å². The Morgan fingerprint density at radius 1 is 1.19 bits per heavy atom. The van der Waals surface area contributed by atoms with Crippen LogP contribution in [0.3, 0.4) is 0 Å². The van der Waals surface area contributed by atoms with Gasteiger partial charge in [-0.05, 0) is 29.3 Å². The van der Waals surface area contributed by atoms with Crippen molar-refractivity contribution in [1.82, 2.24) is 9.88 Å². The van der Waals surface area contributed by atoms with Crippen LogP contribution >= 0.6 is 0 Å². The molecule has 3 nitrogen and oxygen atoms in total. The molecule has 110 valence electrons. The van der Waals surface area contributed by atoms with Gasteiger partial charge in [-0.1, -0.05) is 18.2 Å². The highest BCUT2D eigenvalue weighted by Crippen LogP contribution is 2.22. The predicted molar refractivity (Wildman–Crippen MR) is 82.2 cm³/mol. The zero-order valence-electron chi connectivity index (χ0n) is 11.9. The number of benzene rings is 1. The smallest absolute Gasteiger partial charge is 0.128 e. The summed E-state index contributed by atoms with van der Waals surface area (Å²) in [5.74, 6) is -0.240. The average molecular weight is 286 g/mol. The Kier molecular flexibility index (Phi) is 5.60. The minimum Gasteiger partial charge on any atom is -0.395 e. The van der Waals surface area contributed by atoms with E-state index >= 15 is 0 Å². The summed E-state index contributed by atoms with van der Waals surface area (Å²) in [6, 6.07) is 8.93. The van der Waals surface area contributed by atoms with Gasteiger partial charge in [0, 0.05) is 37.6 Å². The lowest BCUT2D eigenvalue weighted by atomic mass is 10.0. The molecule has 21 heavy (non-hydrogen) atoms. The van der Waals surface area contributed by atoms with E-state index in [1.807, 2.05) is 23.1 Å². The first-order valence-electron chi connectivity index (χ1n) is 6.87. The van der Waals surface area contributed by atoms with E-state index in [1.54, 1.807) is 24.5 Å². The fourth-order valence-electron chi connectivity index (χ4n) is 2.20. The predicted octanol–water partition coefficient (Wildman–Crippen LogP) is 2.87. The summed E-state index contributed by atoms with van der Waals surface area (Å²) in [4.78, 5) is 5.90. The molecule has 1 aromatic carbocycles. The number of aliphatic hydroxyl groups is 1. The highest BCUT2D eigenvalue weighted by molar-refractivity contribution is 5.63. The first-order chi connectivity index (χ1) is 10.2. The topological polar surface area (TPSA) is 36.4 Å². The molecule has 0 atom stereocenters. The van der Waals surface area contributed by atoms with Gasteiger partial charge in [-0.25, -0.2) is 4.39 Å². The summed E-state index contributed by atoms with van der Waals surface area (Å²) in [5.41, 5.74) is 2.38. The van der Waals surface area contributed by atoms with Gasteiger partial charge in [0.2, 0.25) is 0 Å². The lowest BCUT2D eigenvalue weighted by Gasteiger charge is -2.20. The van der Waals surface area contributed by atoms with Gasteiger partial charge in [0.15, 0.2) is 0 Å². The highest BCUT2D eigenvalue weighted by Gasteiger charge is 2.09. The molecule has 0 fully saturated rings. The fraction of sp³-hybridized carbons (Fsp3) is 0.235. The minimum absolute atomic E-state index is 0.0462. The third-order valence-corrected chi connectivity index (χ3v) is 3.26. The Morgan fingerprint density at radius 3 is 2.57 bits per heavy atom. The first kappa shape index (κ1) is 15.4. The van der Waals surface area contributed by atoms with Gasteiger partial charge >= 0.3 is 0 Å². The Labute approximate surface area is 124 Å². The molecular formula is C17H19FN2O. The molecule has 0 amide bonds. The molecule has 1 aromatic heterocycles. The Balaban J connectivity index is 2.17. The molecule has 0 spiro atoms. The number of pyridine rings is 1. The van der Waals surface area contributed by atoms with Crippen molar-refractivity contribution in [3.8, 4) is 11.1 Å². The van der Waals surface area contributed by atoms with Crippen molar-refractivity contribution in [3.05, 3.63) is 66.8 Å². The quantitative estimate of drug-likeness (QED) is 0.795. The molecule has 0 aliphatic heterocycles. The van der Waals surface area contributed by atoms with E-state index in [-0.39, 0.29) is 12.4 Å². The molecule has 1 N–H and O–H groups in total. The zero-order chi connectivity index (χ0) is 15.1. The lowest BCUT2D eigenvalue weighted by molar-refractivity contribution is 0.202. The standard InChI is InChI=1S/C17H19FN2O/c1-2-9-20(10-11-21)13-16-4-3-15(12-17(16)18)14-5-7-19-8-6-14/h2-8,12,21H,1,9-11,13H2. The monoisotopic (exact) mass is 286 g/mol. The second kappa shape index (κ2) is 7.67. The molecule has 0 aliphatic rings. The van der Waals surface area contributed by atoms with E-state index in [0.29, 0.717) is 25.2 Å². The number of aromatic nitrogens is 1. The van der Waals surface area contributed by atoms with Crippen LogP contribution in [-0.2, 0) is 6.54 Å². The van der Waals surface area contributed by atoms with Gasteiger partial charge in [-0.3, -0.25) is 9.88 Å². The Morgan fingerprint density at radius 2 is 1.95 bits per heavy atom. The van der Waals surface area contributed by atoms with Gasteiger partial charge in [0.1, 0.15) is 5.82 Å². The SMILES string of the molecule is C=CCN(CCO)Cc1ccc(-c2ccncc2)cc1F. The van der Waals surface area contributed by atoms with Crippen molar-refractivity contribution in [1.29, 1.82) is 0 Å². The Bertz CT molecular complexity index is 587. The van der Waals surface area contributed by atoms with Crippen molar-refractivity contribution in [2.45, 2.75) is 6.54 Å². The number of nitrogens with zero attached hydrogens (tertiary/aromatic N) is 2. The molecule has 2 rings (SSSR count). The average Bonchev–Trinajstić information content (AvgIpc) is 2.50. The van der Waals surface area contributed by atoms with E-state index in [9.17, 15) is 4.39 Å². The minimum atomic E-state index is -0.240. The van der Waals surface area contributed by atoms with Crippen LogP contribution in [0.25, 0.3) is 11.1 Å². The third kappa shape index (κ3) is 4.21. The molecule has 0 bridgehead atoms. The summed E-state index contributed by atoms with van der Waals surface area (Å²) in [7, 11) is 0. The van der Waals surface area contributed by atoms with Crippen LogP contribution in [-0.4, -0.2) is 34.7 Å². The number of hydrogen-bond acceptors (Lipinski definition) is 3. The molecular weight excluding hydrogens is 267 g/mol. The highest BCUT2D eigenvalue weighted by atomic mass is 19.1. The molecule has 1 heterocycles. The second-order valence-electron chi connectivity index (χ2n) is 4.79. The maximum Gasteiger partial charge on any atom is 0.128 e. The van der Waals surface area contributed by atoms with Crippen LogP contribution in [0.2, 0.25) is 0 Å². The summed E-state index contributed by atoms with van der Waals surface area (Å²) in [5, 5.41) is 9.03. The van der Waals surface area contributed by atoms with Crippen LogP contribution in [0.4, 0.5) is 4.39 Å². The van der Waals surface area contributed by atoms with Crippen molar-refractivity contribution in [3.63, 3.8) is 0 Å². The number of halogens is 1. The van der Waals surface area contributed by atoms with E-state index < -0.39 is 0 Å². The van der Waals surface area contributed by atoms with Crippen LogP contribution in [0.15, 0.2) is 55.4 Å². The van der Waals surface area contributed by atoms with E-state index in [1.165, 1.54) is 6.07 Å². The van der Waals surface area contributed by atoms with Gasteiger partial charge < -0.3 is 5.11 Å². The second-order valence-corrected chi connectivity index (χ2v) is 4.79. The number of hydrogen-bond donors (Lipinski definition) is 1. The Hall–Kier alpha value is -2.04. The van der Waals surface area contributed by atoms with E-state index in [2.05, 4.69) is 11.6 Å². The molecule has 0 unspecified atom stereocenters. The molecule has 0 radical (unpaired) electrons. The third-order valence-electron chi connectivity index (χ3n) is 3.26. The van der Waals surface area contributed by atoms with E-state index in [4.69, 9.17) is 5.11 Å². The molecule has 0 aliphatic carbocycles. The van der Waals surface area contributed by atoms with Gasteiger partial charge in [-0.15, -0.1) is 6.58 Å². The largest absolute Gasteiger partial charge is 0.395 e. The maximum atomic E-state index is 14.2. The lowest BCUT2D eigenvalue weighted by Crippen LogP contribution is -2.27. The summed E-state index contributed by atoms with van der Waals surface area (Å²) in [6.45, 7) is 5.29. The number of rotatable bonds is 7. The van der Waals surface area contributed by atoms with Crippen LogP contribution < -0.4 is 0 Å². The van der Waals surface area contributed by atoms with Crippen LogP contribution in [0.1, 0.15) is 5.56 Å². The van der Waals surface area contributed by atoms with Crippen molar-refractivity contribution in [2.75, 3.05) is 19.7 Å². The van der Waals surface area contributed by atoms with Crippen molar-refractivity contribution >= 4 is 0 Å². The van der Waals surface area contributed by atoms with Gasteiger partial charge in [0.05, 0.1) is 6.61 Å². The molecule has 4 heteroatoms. The van der Waals surface area contributed by atoms with Crippen molar-refractivity contribution in [2.24, 2.45) is 0 Å². The molecule has 0 saturated heterocycles. The molecule has 2 aromatic rings. The first-order valence-corrected chi connectivity index (χ1v) is 6.87. The fourth-order valence-corrected chi connectivity index (χ4v) is 2.20. The van der Waals surface area contributed by atoms with Crippen LogP contribution in [0.5, 0.6) is 0 Å². The van der Waals surface area contributed by atoms with Crippen molar-refractivity contribution < 1.29 is 9.50 Å². The zero-order valence-corrected chi connectivity index (χ0v) is 11.9. The van der Waals surface area contributed by atoms with E-state index in [0.717, 1.165) is 11.1 Å². The molecule has 0 saturated carbocycles.